The number of rotatable bonds is 6. The van der Waals surface area contributed by atoms with Crippen molar-refractivity contribution in [3.63, 3.8) is 0 Å². The van der Waals surface area contributed by atoms with Crippen molar-refractivity contribution in [1.29, 1.82) is 0 Å². The minimum atomic E-state index is -0.558. The van der Waals surface area contributed by atoms with Crippen LogP contribution >= 0.6 is 11.6 Å². The van der Waals surface area contributed by atoms with Gasteiger partial charge in [-0.1, -0.05) is 29.8 Å². The number of aromatic nitrogens is 1. The zero-order valence-corrected chi connectivity index (χ0v) is 16.7. The summed E-state index contributed by atoms with van der Waals surface area (Å²) in [6, 6.07) is 10.5. The second-order valence-corrected chi connectivity index (χ2v) is 7.10. The Balaban J connectivity index is 1.93. The van der Waals surface area contributed by atoms with Gasteiger partial charge in [-0.3, -0.25) is 4.79 Å². The fourth-order valence-corrected chi connectivity index (χ4v) is 3.43. The summed E-state index contributed by atoms with van der Waals surface area (Å²) < 4.78 is 13.4. The van der Waals surface area contributed by atoms with Crippen LogP contribution in [0.15, 0.2) is 53.5 Å². The average molecular weight is 417 g/mol. The van der Waals surface area contributed by atoms with Gasteiger partial charge >= 0.3 is 6.03 Å². The summed E-state index contributed by atoms with van der Waals surface area (Å²) in [6.45, 7) is 2.71. The second kappa shape index (κ2) is 9.07. The van der Waals surface area contributed by atoms with Gasteiger partial charge in [0.15, 0.2) is 0 Å². The lowest BCUT2D eigenvalue weighted by Gasteiger charge is -2.30. The number of nitrogens with zero attached hydrogens (tertiary/aromatic N) is 1. The number of carbonyl (C=O) groups is 1. The van der Waals surface area contributed by atoms with E-state index in [0.29, 0.717) is 30.6 Å². The molecule has 6 nitrogen and oxygen atoms in total. The molecule has 8 heteroatoms. The van der Waals surface area contributed by atoms with Crippen molar-refractivity contribution in [1.82, 2.24) is 9.88 Å². The highest BCUT2D eigenvalue weighted by Gasteiger charge is 2.23. The molecule has 1 unspecified atom stereocenters. The highest BCUT2D eigenvalue weighted by atomic mass is 35.5. The van der Waals surface area contributed by atoms with Gasteiger partial charge in [0.2, 0.25) is 0 Å². The summed E-state index contributed by atoms with van der Waals surface area (Å²) in [5.74, 6) is -0.558. The Labute approximate surface area is 172 Å². The third-order valence-electron chi connectivity index (χ3n) is 4.79. The summed E-state index contributed by atoms with van der Waals surface area (Å²) in [5.41, 5.74) is 6.66. The van der Waals surface area contributed by atoms with Crippen LogP contribution in [0, 0.1) is 5.82 Å². The molecule has 3 aromatic rings. The first kappa shape index (κ1) is 20.8. The number of aromatic amines is 1. The summed E-state index contributed by atoms with van der Waals surface area (Å²) in [6.07, 6.45) is 2.23. The lowest BCUT2D eigenvalue weighted by Crippen LogP contribution is -2.38. The summed E-state index contributed by atoms with van der Waals surface area (Å²) in [7, 11) is 0. The lowest BCUT2D eigenvalue weighted by atomic mass is 10.0. The van der Waals surface area contributed by atoms with Crippen LogP contribution in [0.2, 0.25) is 5.02 Å². The molecule has 29 heavy (non-hydrogen) atoms. The van der Waals surface area contributed by atoms with Crippen LogP contribution in [0.1, 0.15) is 24.9 Å². The van der Waals surface area contributed by atoms with Crippen molar-refractivity contribution in [3.8, 4) is 0 Å². The number of hydrogen-bond acceptors (Lipinski definition) is 3. The lowest BCUT2D eigenvalue weighted by molar-refractivity contribution is 0.193. The summed E-state index contributed by atoms with van der Waals surface area (Å²) in [5, 5.41) is 4.01. The Morgan fingerprint density at radius 3 is 2.69 bits per heavy atom. The number of urea groups is 1. The van der Waals surface area contributed by atoms with E-state index < -0.39 is 5.82 Å². The molecule has 1 heterocycles. The van der Waals surface area contributed by atoms with E-state index in [9.17, 15) is 14.0 Å². The number of anilines is 1. The normalized spacial score (nSPS) is 12.0. The van der Waals surface area contributed by atoms with Crippen LogP contribution in [0.25, 0.3) is 10.8 Å². The molecule has 0 spiro atoms. The summed E-state index contributed by atoms with van der Waals surface area (Å²) >= 11 is 5.81. The van der Waals surface area contributed by atoms with E-state index >= 15 is 0 Å². The molecule has 4 N–H and O–H groups in total. The highest BCUT2D eigenvalue weighted by Crippen LogP contribution is 2.27. The Morgan fingerprint density at radius 2 is 2.00 bits per heavy atom. The van der Waals surface area contributed by atoms with Crippen molar-refractivity contribution in [2.24, 2.45) is 5.73 Å². The van der Waals surface area contributed by atoms with Gasteiger partial charge < -0.3 is 20.9 Å². The van der Waals surface area contributed by atoms with E-state index in [4.69, 9.17) is 17.3 Å². The van der Waals surface area contributed by atoms with Gasteiger partial charge in [0.05, 0.1) is 11.1 Å². The quantitative estimate of drug-likeness (QED) is 0.560. The highest BCUT2D eigenvalue weighted by molar-refractivity contribution is 6.31. The smallest absolute Gasteiger partial charge is 0.322 e. The van der Waals surface area contributed by atoms with Gasteiger partial charge in [-0.05, 0) is 55.1 Å². The van der Waals surface area contributed by atoms with Crippen LogP contribution in [0.4, 0.5) is 14.9 Å². The Bertz CT molecular complexity index is 1090. The first-order chi connectivity index (χ1) is 13.9. The monoisotopic (exact) mass is 416 g/mol. The second-order valence-electron chi connectivity index (χ2n) is 6.69. The largest absolute Gasteiger partial charge is 0.330 e. The third kappa shape index (κ3) is 4.58. The van der Waals surface area contributed by atoms with Crippen molar-refractivity contribution >= 4 is 34.1 Å². The number of fused-ring (bicyclic) bond motifs is 1. The van der Waals surface area contributed by atoms with Gasteiger partial charge in [-0.15, -0.1) is 0 Å². The predicted octanol–water partition coefficient (Wildman–Crippen LogP) is 4.26. The molecule has 2 amide bonds. The van der Waals surface area contributed by atoms with E-state index in [1.807, 2.05) is 19.1 Å². The van der Waals surface area contributed by atoms with Crippen LogP contribution < -0.4 is 16.6 Å². The van der Waals surface area contributed by atoms with Crippen molar-refractivity contribution < 1.29 is 9.18 Å². The number of nitrogens with two attached hydrogens (primary N) is 1. The third-order valence-corrected chi connectivity index (χ3v) is 5.08. The fraction of sp³-hybridized carbons (Fsp3) is 0.238. The number of benzene rings is 2. The molecule has 1 atom stereocenters. The Kier molecular flexibility index (Phi) is 6.51. The standard InChI is InChI=1S/C21H22ClFN4O2/c1-13(17-12-25-20(28)16-6-3-2-5-15(16)17)27(10-4-9-24)21(29)26-14-7-8-19(23)18(22)11-14/h2-3,5-8,11-13H,4,9-10,24H2,1H3,(H,25,28)(H,26,29). The van der Waals surface area contributed by atoms with Gasteiger partial charge in [0.1, 0.15) is 5.82 Å². The fourth-order valence-electron chi connectivity index (χ4n) is 3.25. The van der Waals surface area contributed by atoms with Gasteiger partial charge in [-0.25, -0.2) is 9.18 Å². The molecule has 1 aromatic heterocycles. The first-order valence-corrected chi connectivity index (χ1v) is 9.63. The molecular formula is C21H22ClFN4O2. The molecule has 0 saturated heterocycles. The maximum Gasteiger partial charge on any atom is 0.322 e. The number of H-pyrrole nitrogens is 1. The zero-order chi connectivity index (χ0) is 21.0. The van der Waals surface area contributed by atoms with Gasteiger partial charge in [-0.2, -0.15) is 0 Å². The summed E-state index contributed by atoms with van der Waals surface area (Å²) in [4.78, 5) is 29.5. The maximum absolute atomic E-state index is 13.4. The average Bonchev–Trinajstić information content (AvgIpc) is 2.71. The van der Waals surface area contributed by atoms with E-state index in [2.05, 4.69) is 10.3 Å². The van der Waals surface area contributed by atoms with Gasteiger partial charge in [0.25, 0.3) is 5.56 Å². The number of halogens is 2. The van der Waals surface area contributed by atoms with Crippen LogP contribution in [0.3, 0.4) is 0 Å². The van der Waals surface area contributed by atoms with Crippen molar-refractivity contribution in [2.45, 2.75) is 19.4 Å². The topological polar surface area (TPSA) is 91.2 Å². The molecule has 152 valence electrons. The SMILES string of the molecule is CC(c1c[nH]c(=O)c2ccccc12)N(CCCN)C(=O)Nc1ccc(F)c(Cl)c1. The van der Waals surface area contributed by atoms with Crippen LogP contribution in [-0.2, 0) is 0 Å². The molecular weight excluding hydrogens is 395 g/mol. The number of carbonyl (C=O) groups excluding carboxylic acids is 1. The minimum Gasteiger partial charge on any atom is -0.330 e. The van der Waals surface area contributed by atoms with Crippen molar-refractivity contribution in [2.75, 3.05) is 18.4 Å². The number of amides is 2. The number of pyridine rings is 1. The van der Waals surface area contributed by atoms with E-state index in [-0.39, 0.29) is 22.7 Å². The molecule has 0 aliphatic heterocycles. The molecule has 2 aromatic carbocycles. The van der Waals surface area contributed by atoms with E-state index in [1.54, 1.807) is 23.2 Å². The molecule has 3 rings (SSSR count). The van der Waals surface area contributed by atoms with Crippen LogP contribution in [-0.4, -0.2) is 29.0 Å². The van der Waals surface area contributed by atoms with Crippen LogP contribution in [0.5, 0.6) is 0 Å². The maximum atomic E-state index is 13.4. The van der Waals surface area contributed by atoms with Gasteiger partial charge in [0, 0.05) is 23.8 Å². The predicted molar refractivity (Wildman–Crippen MR) is 114 cm³/mol. The minimum absolute atomic E-state index is 0.0732. The van der Waals surface area contributed by atoms with Crippen molar-refractivity contribution in [3.05, 3.63) is 75.4 Å². The molecule has 0 bridgehead atoms. The molecule has 0 aliphatic rings. The molecule has 0 aliphatic carbocycles. The first-order valence-electron chi connectivity index (χ1n) is 9.25. The molecule has 0 saturated carbocycles. The van der Waals surface area contributed by atoms with E-state index in [1.165, 1.54) is 18.2 Å². The zero-order valence-electron chi connectivity index (χ0n) is 15.9. The molecule has 0 radical (unpaired) electrons. The number of hydrogen-bond donors (Lipinski definition) is 3. The Hall–Kier alpha value is -2.90. The number of nitrogens with one attached hydrogen (secondary N) is 2. The van der Waals surface area contributed by atoms with E-state index in [0.717, 1.165) is 10.9 Å². The molecule has 0 fully saturated rings. The Morgan fingerprint density at radius 1 is 1.28 bits per heavy atom.